The van der Waals surface area contributed by atoms with Gasteiger partial charge in [0.2, 0.25) is 5.43 Å². The van der Waals surface area contributed by atoms with E-state index in [-0.39, 0.29) is 60.4 Å². The molecule has 18 nitrogen and oxygen atoms in total. The lowest BCUT2D eigenvalue weighted by atomic mass is 9.73. The van der Waals surface area contributed by atoms with E-state index in [1.54, 1.807) is 44.7 Å². The van der Waals surface area contributed by atoms with E-state index in [4.69, 9.17) is 33.2 Å². The average Bonchev–Trinajstić information content (AvgIpc) is 3.35. The summed E-state index contributed by atoms with van der Waals surface area (Å²) in [5.74, 6) is -4.34. The standard InChI is InChI=1S/C57H96N4O14/c1-18-45-57(11,68)51(64)36(6)47(62)33(3)30-56(10,69-17)52(75-55-35(5)44(58(12)13)28-34(4)71-55)37(7)50(38(8)54(67)73-45)74-46-27-32(2)49(39(9)72-46)70-26-20-25-60(16)24-19-21-40-22-23-43-41(29-40)48(63)42(53(65)66)31-61(43)59(14)15/h22-23,29,31-39,44-46,49-52,54-55,64,67-68H,18-21,24-28,30H2,1-17H3,(H,65,66)/t32?,33-,34-,35-,36+,37+,38-,39+,44+,45-,46+,49-,50+,51-,52?,54?,55+,56-,57-/m1/s1. The molecule has 1 aromatic heterocycles. The molecule has 0 amide bonds. The van der Waals surface area contributed by atoms with Crippen molar-refractivity contribution in [1.82, 2.24) is 14.5 Å². The number of carboxylic acid groups (broad SMARTS) is 1. The van der Waals surface area contributed by atoms with Gasteiger partial charge in [-0.1, -0.05) is 54.5 Å². The molecule has 2 aromatic rings. The van der Waals surface area contributed by atoms with Crippen molar-refractivity contribution < 1.29 is 63.2 Å². The van der Waals surface area contributed by atoms with Crippen LogP contribution in [0, 0.1) is 35.5 Å². The summed E-state index contributed by atoms with van der Waals surface area (Å²) < 4.78 is 48.6. The Balaban J connectivity index is 1.30. The third kappa shape index (κ3) is 14.8. The molecule has 3 unspecified atom stereocenters. The Bertz CT molecular complexity index is 2210. The zero-order valence-electron chi connectivity index (χ0n) is 48.4. The van der Waals surface area contributed by atoms with Crippen molar-refractivity contribution >= 4 is 22.7 Å². The first-order valence-corrected chi connectivity index (χ1v) is 27.6. The van der Waals surface area contributed by atoms with Gasteiger partial charge in [0.1, 0.15) is 16.9 Å². The molecule has 75 heavy (non-hydrogen) atoms. The number of nitrogens with zero attached hydrogens (tertiary/aromatic N) is 4. The first kappa shape index (κ1) is 62.7. The number of aliphatic hydroxyl groups excluding tert-OH is 2. The molecule has 428 valence electrons. The summed E-state index contributed by atoms with van der Waals surface area (Å²) in [5.41, 5.74) is -2.14. The zero-order chi connectivity index (χ0) is 56.0. The van der Waals surface area contributed by atoms with Crippen LogP contribution in [0.25, 0.3) is 10.9 Å². The molecule has 4 heterocycles. The topological polar surface area (TPSA) is 211 Å². The normalized spacial score (nSPS) is 37.7. The smallest absolute Gasteiger partial charge is 0.341 e. The largest absolute Gasteiger partial charge is 0.477 e. The van der Waals surface area contributed by atoms with Crippen molar-refractivity contribution in [3.8, 4) is 0 Å². The number of hydrogen-bond acceptors (Lipinski definition) is 16. The monoisotopic (exact) mass is 1060 g/mol. The van der Waals surface area contributed by atoms with Gasteiger partial charge in [-0.2, -0.15) is 0 Å². The molecule has 1 aromatic carbocycles. The van der Waals surface area contributed by atoms with Crippen molar-refractivity contribution in [3.05, 3.63) is 45.7 Å². The average molecular weight is 1060 g/mol. The number of methoxy groups -OCH3 is 1. The highest BCUT2D eigenvalue weighted by atomic mass is 16.7. The van der Waals surface area contributed by atoms with Crippen LogP contribution >= 0.6 is 0 Å². The Kier molecular flexibility index (Phi) is 22.3. The molecule has 0 bridgehead atoms. The van der Waals surface area contributed by atoms with Crippen LogP contribution in [-0.2, 0) is 44.4 Å². The number of aryl methyl sites for hydroxylation is 1. The van der Waals surface area contributed by atoms with Gasteiger partial charge in [0.25, 0.3) is 0 Å². The molecule has 3 aliphatic rings. The minimum atomic E-state index is -1.89. The lowest BCUT2D eigenvalue weighted by molar-refractivity contribution is -0.314. The van der Waals surface area contributed by atoms with Gasteiger partial charge in [0.15, 0.2) is 18.9 Å². The maximum atomic E-state index is 14.2. The first-order valence-electron chi connectivity index (χ1n) is 27.6. The number of fused-ring (bicyclic) bond motifs is 1. The fourth-order valence-electron chi connectivity index (χ4n) is 12.3. The number of carbonyl (C=O) groups is 2. The number of aromatic carboxylic acids is 1. The fourth-order valence-corrected chi connectivity index (χ4v) is 12.3. The van der Waals surface area contributed by atoms with Crippen molar-refractivity contribution in [1.29, 1.82) is 0 Å². The Morgan fingerprint density at radius 1 is 0.867 bits per heavy atom. The summed E-state index contributed by atoms with van der Waals surface area (Å²) in [4.78, 5) is 43.7. The highest BCUT2D eigenvalue weighted by Gasteiger charge is 2.53. The molecule has 4 N–H and O–H groups in total. The number of ether oxygens (including phenoxy) is 7. The third-order valence-electron chi connectivity index (χ3n) is 17.0. The van der Waals surface area contributed by atoms with Gasteiger partial charge < -0.3 is 68.4 Å². The molecule has 3 aliphatic heterocycles. The van der Waals surface area contributed by atoms with Gasteiger partial charge in [0.05, 0.1) is 53.8 Å². The van der Waals surface area contributed by atoms with Crippen molar-refractivity contribution in [2.24, 2.45) is 35.5 Å². The number of ketones is 1. The van der Waals surface area contributed by atoms with Gasteiger partial charge in [0, 0.05) is 88.0 Å². The fraction of sp³-hybridized carbons (Fsp3) is 0.807. The summed E-state index contributed by atoms with van der Waals surface area (Å²) in [5, 5.41) is 47.4. The van der Waals surface area contributed by atoms with Crippen LogP contribution in [0.2, 0.25) is 0 Å². The highest BCUT2D eigenvalue weighted by Crippen LogP contribution is 2.42. The molecule has 18 heteroatoms. The lowest BCUT2D eigenvalue weighted by Gasteiger charge is -2.50. The number of pyridine rings is 1. The highest BCUT2D eigenvalue weighted by molar-refractivity contribution is 5.92. The van der Waals surface area contributed by atoms with Gasteiger partial charge in [-0.05, 0) is 118 Å². The van der Waals surface area contributed by atoms with Gasteiger partial charge in [-0.15, -0.1) is 0 Å². The van der Waals surface area contributed by atoms with Crippen LogP contribution in [0.5, 0.6) is 0 Å². The molecule has 5 rings (SSSR count). The Hall–Kier alpha value is -3.11. The van der Waals surface area contributed by atoms with Crippen molar-refractivity contribution in [3.63, 3.8) is 0 Å². The summed E-state index contributed by atoms with van der Waals surface area (Å²) in [6, 6.07) is 5.84. The van der Waals surface area contributed by atoms with E-state index in [0.29, 0.717) is 23.9 Å². The number of aliphatic hydroxyl groups is 3. The number of carboxylic acids is 1. The third-order valence-corrected chi connectivity index (χ3v) is 17.0. The maximum absolute atomic E-state index is 14.2. The second kappa shape index (κ2) is 26.7. The van der Waals surface area contributed by atoms with Crippen LogP contribution in [0.3, 0.4) is 0 Å². The van der Waals surface area contributed by atoms with Crippen molar-refractivity contribution in [2.75, 3.05) is 67.1 Å². The molecule has 19 atom stereocenters. The van der Waals surface area contributed by atoms with Gasteiger partial charge >= 0.3 is 5.97 Å². The van der Waals surface area contributed by atoms with Gasteiger partial charge in [-0.3, -0.25) is 14.3 Å². The molecular weight excluding hydrogens is 965 g/mol. The van der Waals surface area contributed by atoms with Crippen LogP contribution in [0.4, 0.5) is 0 Å². The second-order valence-corrected chi connectivity index (χ2v) is 23.5. The van der Waals surface area contributed by atoms with Crippen LogP contribution in [0.1, 0.15) is 131 Å². The second-order valence-electron chi connectivity index (χ2n) is 23.5. The van der Waals surface area contributed by atoms with Crippen LogP contribution in [-0.4, -0.2) is 188 Å². The zero-order valence-corrected chi connectivity index (χ0v) is 48.4. The van der Waals surface area contributed by atoms with E-state index >= 15 is 0 Å². The number of hydrogen-bond donors (Lipinski definition) is 4. The number of aromatic nitrogens is 1. The number of benzene rings is 1. The number of carbonyl (C=O) groups excluding carboxylic acids is 1. The summed E-state index contributed by atoms with van der Waals surface area (Å²) in [6.07, 6.45) is -2.04. The van der Waals surface area contributed by atoms with Crippen LogP contribution < -0.4 is 10.4 Å². The lowest BCUT2D eigenvalue weighted by Crippen LogP contribution is -2.60. The van der Waals surface area contributed by atoms with E-state index in [2.05, 4.69) is 44.8 Å². The van der Waals surface area contributed by atoms with E-state index in [1.165, 1.54) is 13.1 Å². The predicted octanol–water partition coefficient (Wildman–Crippen LogP) is 5.93. The first-order chi connectivity index (χ1) is 35.1. The SMILES string of the molecule is CC[C@H]1OC(O)[C@H](C)[C@@H](O[C@H]2CC(C)[C@@H](OCCCN(C)CCCc3ccc4c(c3)c(=O)c(C(=O)O)cn4N(C)C)[C@H](C)O2)[C@H](C)C(O[C@@H]2O[C@H](C)C[C@H](N(C)C)[C@H]2C)[C@](C)(OC)C[C@@H](C)C(=O)[C@H](C)[C@@H](O)[C@]1(C)O. The number of rotatable bonds is 18. The van der Waals surface area contributed by atoms with Crippen LogP contribution in [0.15, 0.2) is 29.2 Å². The van der Waals surface area contributed by atoms with E-state index in [9.17, 15) is 34.8 Å². The van der Waals surface area contributed by atoms with E-state index < -0.39 is 89.6 Å². The quantitative estimate of drug-likeness (QED) is 0.128. The minimum Gasteiger partial charge on any atom is -0.477 e. The predicted molar refractivity (Wildman–Crippen MR) is 288 cm³/mol. The minimum absolute atomic E-state index is 0.0317. The van der Waals surface area contributed by atoms with E-state index in [0.717, 1.165) is 44.3 Å². The molecule has 0 spiro atoms. The molecule has 0 saturated carbocycles. The summed E-state index contributed by atoms with van der Waals surface area (Å²) in [6.45, 7) is 22.9. The van der Waals surface area contributed by atoms with Crippen molar-refractivity contribution in [2.45, 2.75) is 200 Å². The molecule has 3 saturated heterocycles. The molecule has 0 aliphatic carbocycles. The molecule has 0 radical (unpaired) electrons. The number of Topliss-reactive ketones (excluding diaryl/α,β-unsaturated/α-hetero) is 1. The van der Waals surface area contributed by atoms with E-state index in [1.807, 2.05) is 59.7 Å². The Labute approximate surface area is 447 Å². The Morgan fingerprint density at radius 2 is 1.53 bits per heavy atom. The summed E-state index contributed by atoms with van der Waals surface area (Å²) in [7, 11) is 11.4. The van der Waals surface area contributed by atoms with Gasteiger partial charge in [-0.25, -0.2) is 4.79 Å². The Morgan fingerprint density at radius 3 is 2.13 bits per heavy atom. The molecule has 3 fully saturated rings. The molecular formula is C57H96N4O14. The summed E-state index contributed by atoms with van der Waals surface area (Å²) >= 11 is 0. The maximum Gasteiger partial charge on any atom is 0.341 e.